The number of hydrogen-bond donors (Lipinski definition) is 0. The molecule has 0 heterocycles. The van der Waals surface area contributed by atoms with Gasteiger partial charge < -0.3 is 24.8 Å². The Morgan fingerprint density at radius 3 is 1.75 bits per heavy atom. The molecule has 0 fully saturated rings. The molecule has 5 aromatic carbocycles. The molecule has 0 aliphatic heterocycles. The Balaban J connectivity index is 0.000000193. The van der Waals surface area contributed by atoms with Crippen molar-refractivity contribution in [3.63, 3.8) is 0 Å². The van der Waals surface area contributed by atoms with E-state index in [0.29, 0.717) is 5.41 Å². The van der Waals surface area contributed by atoms with E-state index >= 15 is 0 Å². The third-order valence-electron chi connectivity index (χ3n) is 10.2. The van der Waals surface area contributed by atoms with Gasteiger partial charge in [-0.1, -0.05) is 84.4 Å². The van der Waals surface area contributed by atoms with Crippen LogP contribution < -0.4 is 24.8 Å². The van der Waals surface area contributed by atoms with Crippen LogP contribution in [-0.2, 0) is 46.9 Å². The predicted octanol–water partition coefficient (Wildman–Crippen LogP) is 6.24. The maximum absolute atomic E-state index is 13.0. The molecule has 0 radical (unpaired) electrons. The van der Waals surface area contributed by atoms with Crippen LogP contribution in [0.4, 0.5) is 8.78 Å². The summed E-state index contributed by atoms with van der Waals surface area (Å²) in [6.45, 7) is 20.4. The Kier molecular flexibility index (Phi) is 12.6. The zero-order chi connectivity index (χ0) is 36.2. The molecule has 0 unspecified atom stereocenters. The van der Waals surface area contributed by atoms with E-state index in [-0.39, 0.29) is 47.3 Å². The second-order valence-electron chi connectivity index (χ2n) is 16.0. The molecule has 0 saturated heterocycles. The van der Waals surface area contributed by atoms with Crippen molar-refractivity contribution >= 4 is 14.4 Å². The Morgan fingerprint density at radius 1 is 0.731 bits per heavy atom. The molecule has 0 amide bonds. The van der Waals surface area contributed by atoms with Crippen molar-refractivity contribution in [3.05, 3.63) is 171 Å². The van der Waals surface area contributed by atoms with Crippen LogP contribution in [-0.4, -0.2) is 3.21 Å². The maximum Gasteiger partial charge on any atom is -1.00 e. The molecule has 3 aliphatic rings. The van der Waals surface area contributed by atoms with Crippen LogP contribution in [0.15, 0.2) is 103 Å². The van der Waals surface area contributed by atoms with Gasteiger partial charge in [-0.05, 0) is 58.4 Å². The summed E-state index contributed by atoms with van der Waals surface area (Å²) < 4.78 is 27.0. The van der Waals surface area contributed by atoms with Crippen molar-refractivity contribution in [1.82, 2.24) is 0 Å². The first kappa shape index (κ1) is 41.7. The molecule has 0 spiro atoms. The zero-order valence-corrected chi connectivity index (χ0v) is 35.5. The molecule has 8 rings (SSSR count). The summed E-state index contributed by atoms with van der Waals surface area (Å²) in [5, 5.41) is 0. The van der Waals surface area contributed by atoms with E-state index in [0.717, 1.165) is 45.0 Å². The first-order valence-electron chi connectivity index (χ1n) is 17.4. The minimum atomic E-state index is -0.270. The quantitative estimate of drug-likeness (QED) is 0.182. The van der Waals surface area contributed by atoms with Crippen molar-refractivity contribution in [1.29, 1.82) is 0 Å². The largest absolute Gasteiger partial charge is 1.00 e. The van der Waals surface area contributed by atoms with Crippen LogP contribution in [0.3, 0.4) is 0 Å². The molecule has 0 N–H and O–H groups in total. The van der Waals surface area contributed by atoms with Gasteiger partial charge in [0.05, 0.1) is 0 Å². The fraction of sp³-hybridized carbons (Fsp3) is 0.277. The molecular weight excluding hydrogens is 765 g/mol. The van der Waals surface area contributed by atoms with E-state index < -0.39 is 0 Å². The third kappa shape index (κ3) is 8.49. The van der Waals surface area contributed by atoms with E-state index in [9.17, 15) is 8.78 Å². The third-order valence-corrected chi connectivity index (χ3v) is 11.6. The minimum absolute atomic E-state index is 0. The van der Waals surface area contributed by atoms with Crippen molar-refractivity contribution in [2.24, 2.45) is 0 Å². The topological polar surface area (TPSA) is 0 Å². The second kappa shape index (κ2) is 15.7. The Bertz CT molecular complexity index is 2040. The average Bonchev–Trinajstić information content (AvgIpc) is 3.80. The zero-order valence-electron chi connectivity index (χ0n) is 31.5. The first-order chi connectivity index (χ1) is 23.4. The van der Waals surface area contributed by atoms with Crippen molar-refractivity contribution in [3.8, 4) is 11.1 Å². The van der Waals surface area contributed by atoms with E-state index in [1.807, 2.05) is 12.1 Å². The SMILES string of the molecule is CC(C)(C)c1cc[cH-]c1.CC1=[C-]C(C)(C)c2cc3c(cc21)-c1cc2c(cc1C3)C(C)(C)C=C2C.Fc1cccc([C](=[Zr+2])c2cccc(F)c2)c1.[Cl-].[Cl-]. The first-order valence-corrected chi connectivity index (χ1v) is 18.7. The summed E-state index contributed by atoms with van der Waals surface area (Å²) in [5.41, 5.74) is 17.9. The van der Waals surface area contributed by atoms with Gasteiger partial charge in [-0.2, -0.15) is 29.3 Å². The maximum atomic E-state index is 13.0. The molecule has 0 bridgehead atoms. The van der Waals surface area contributed by atoms with Crippen LogP contribution in [0, 0.1) is 17.7 Å². The minimum Gasteiger partial charge on any atom is -1.00 e. The van der Waals surface area contributed by atoms with Crippen LogP contribution in [0.25, 0.3) is 22.3 Å². The molecule has 0 saturated carbocycles. The van der Waals surface area contributed by atoms with Crippen LogP contribution >= 0.6 is 0 Å². The van der Waals surface area contributed by atoms with Gasteiger partial charge >= 0.3 is 108 Å². The number of hydrogen-bond acceptors (Lipinski definition) is 0. The molecule has 3 aliphatic carbocycles. The van der Waals surface area contributed by atoms with Gasteiger partial charge in [-0.15, -0.1) is 11.6 Å². The smallest absolute Gasteiger partial charge is 1.00 e. The van der Waals surface area contributed by atoms with E-state index in [2.05, 4.69) is 123 Å². The van der Waals surface area contributed by atoms with Crippen LogP contribution in [0.5, 0.6) is 0 Å². The van der Waals surface area contributed by atoms with Crippen molar-refractivity contribution in [2.75, 3.05) is 0 Å². The van der Waals surface area contributed by atoms with Gasteiger partial charge in [-0.3, -0.25) is 6.08 Å². The molecule has 0 aromatic heterocycles. The number of fused-ring (bicyclic) bond motifs is 5. The van der Waals surface area contributed by atoms with Crippen molar-refractivity contribution < 1.29 is 57.8 Å². The van der Waals surface area contributed by atoms with Gasteiger partial charge in [-0.25, -0.2) is 11.6 Å². The Labute approximate surface area is 337 Å². The summed E-state index contributed by atoms with van der Waals surface area (Å²) in [6.07, 6.45) is 7.13. The molecule has 52 heavy (non-hydrogen) atoms. The van der Waals surface area contributed by atoms with Gasteiger partial charge in [0, 0.05) is 5.41 Å². The summed E-state index contributed by atoms with van der Waals surface area (Å²) in [5.74, 6) is -0.539. The number of allylic oxidation sites excluding steroid dienone is 4. The van der Waals surface area contributed by atoms with E-state index in [1.165, 1.54) is 85.5 Å². The molecule has 5 aromatic rings. The Morgan fingerprint density at radius 2 is 1.27 bits per heavy atom. The Hall–Kier alpha value is -3.10. The molecule has 0 atom stereocenters. The molecular formula is C47H46Cl2F2Zr-2. The number of halogens is 4. The van der Waals surface area contributed by atoms with Crippen molar-refractivity contribution in [2.45, 2.75) is 85.0 Å². The normalized spacial score (nSPS) is 15.1. The average molecular weight is 811 g/mol. The fourth-order valence-electron chi connectivity index (χ4n) is 7.60. The van der Waals surface area contributed by atoms with Crippen LogP contribution in [0.1, 0.15) is 112 Å². The molecule has 268 valence electrons. The summed E-state index contributed by atoms with van der Waals surface area (Å²) in [4.78, 5) is 0. The van der Waals surface area contributed by atoms with E-state index in [4.69, 9.17) is 0 Å². The molecule has 5 heteroatoms. The number of rotatable bonds is 2. The van der Waals surface area contributed by atoms with Gasteiger partial charge in [0.2, 0.25) is 0 Å². The monoisotopic (exact) mass is 808 g/mol. The van der Waals surface area contributed by atoms with Gasteiger partial charge in [0.25, 0.3) is 0 Å². The van der Waals surface area contributed by atoms with Gasteiger partial charge in [0.15, 0.2) is 0 Å². The number of benzene rings is 4. The standard InChI is InChI=1S/C25H25.C13H8F2.C9H13.2ClH.Zr/c1-14-12-24(3,4)22-8-16-7-17-9-23-19(15(2)13-25(23,5)6)11-21(17)20(16)10-18(14)22;14-12-5-1-3-10(8-12)7-11-4-2-6-13(15)9-11;1-9(2,3)8-6-4-5-7-8;;;/h8-12H,7H2,1-6H3;1-6,8-9H;4-7H,1-3H3;2*1H;/q-1;;-1;;;+2/p-2. The van der Waals surface area contributed by atoms with E-state index in [1.54, 1.807) is 12.1 Å². The summed E-state index contributed by atoms with van der Waals surface area (Å²) in [7, 11) is 0. The molecule has 0 nitrogen and oxygen atoms in total. The second-order valence-corrected chi connectivity index (χ2v) is 17.3. The summed E-state index contributed by atoms with van der Waals surface area (Å²) in [6, 6.07) is 31.0. The summed E-state index contributed by atoms with van der Waals surface area (Å²) >= 11 is 1.13. The predicted molar refractivity (Wildman–Crippen MR) is 203 cm³/mol. The van der Waals surface area contributed by atoms with Crippen LogP contribution in [0.2, 0.25) is 0 Å². The van der Waals surface area contributed by atoms with Gasteiger partial charge in [0.1, 0.15) is 0 Å². The fourth-order valence-corrected chi connectivity index (χ4v) is 8.37.